The van der Waals surface area contributed by atoms with Crippen molar-refractivity contribution in [3.8, 4) is 0 Å². The third-order valence-corrected chi connectivity index (χ3v) is 12.6. The van der Waals surface area contributed by atoms with E-state index < -0.39 is 8.32 Å². The quantitative estimate of drug-likeness (QED) is 0.416. The Balaban J connectivity index is 2.07. The molecule has 5 atom stereocenters. The SMILES string of the molecule is C[C@@H](CCCCO)[C@H]1CC[C@H]2[C@@H](O[Si](C)(C)C(C)(C)C)CCC[C@]12C. The van der Waals surface area contributed by atoms with E-state index in [2.05, 4.69) is 47.7 Å². The van der Waals surface area contributed by atoms with Gasteiger partial charge in [0, 0.05) is 12.7 Å². The lowest BCUT2D eigenvalue weighted by Crippen LogP contribution is -2.50. The smallest absolute Gasteiger partial charge is 0.192 e. The van der Waals surface area contributed by atoms with Crippen molar-refractivity contribution >= 4 is 8.32 Å². The van der Waals surface area contributed by atoms with Crippen LogP contribution in [0.15, 0.2) is 0 Å². The Morgan fingerprint density at radius 1 is 1.16 bits per heavy atom. The summed E-state index contributed by atoms with van der Waals surface area (Å²) in [4.78, 5) is 0. The molecule has 0 heterocycles. The molecule has 25 heavy (non-hydrogen) atoms. The molecule has 2 fully saturated rings. The molecule has 0 bridgehead atoms. The topological polar surface area (TPSA) is 29.5 Å². The van der Waals surface area contributed by atoms with E-state index in [1.807, 2.05) is 0 Å². The third kappa shape index (κ3) is 4.52. The minimum Gasteiger partial charge on any atom is -0.414 e. The van der Waals surface area contributed by atoms with Crippen molar-refractivity contribution in [2.24, 2.45) is 23.2 Å². The first-order valence-electron chi connectivity index (χ1n) is 10.8. The van der Waals surface area contributed by atoms with Gasteiger partial charge in [0.25, 0.3) is 0 Å². The lowest BCUT2D eigenvalue weighted by Gasteiger charge is -2.50. The van der Waals surface area contributed by atoms with Gasteiger partial charge in [-0.25, -0.2) is 0 Å². The average molecular weight is 369 g/mol. The van der Waals surface area contributed by atoms with Crippen LogP contribution in [0.3, 0.4) is 0 Å². The molecule has 2 rings (SSSR count). The van der Waals surface area contributed by atoms with Crippen molar-refractivity contribution in [1.29, 1.82) is 0 Å². The van der Waals surface area contributed by atoms with E-state index in [4.69, 9.17) is 9.53 Å². The second kappa shape index (κ2) is 8.02. The van der Waals surface area contributed by atoms with Gasteiger partial charge in [-0.3, -0.25) is 0 Å². The molecule has 0 unspecified atom stereocenters. The summed E-state index contributed by atoms with van der Waals surface area (Å²) in [6.45, 7) is 17.3. The number of hydrogen-bond donors (Lipinski definition) is 1. The van der Waals surface area contributed by atoms with Crippen LogP contribution in [0.4, 0.5) is 0 Å². The van der Waals surface area contributed by atoms with E-state index in [9.17, 15) is 0 Å². The largest absolute Gasteiger partial charge is 0.414 e. The van der Waals surface area contributed by atoms with Gasteiger partial charge in [-0.05, 0) is 73.4 Å². The van der Waals surface area contributed by atoms with Crippen LogP contribution < -0.4 is 0 Å². The molecule has 0 aliphatic heterocycles. The fourth-order valence-electron chi connectivity index (χ4n) is 5.57. The summed E-state index contributed by atoms with van der Waals surface area (Å²) in [6, 6.07) is 0. The molecule has 0 saturated heterocycles. The highest BCUT2D eigenvalue weighted by atomic mass is 28.4. The molecule has 1 N–H and O–H groups in total. The molecule has 0 amide bonds. The second-order valence-electron chi connectivity index (χ2n) is 10.8. The summed E-state index contributed by atoms with van der Waals surface area (Å²) < 4.78 is 6.95. The highest BCUT2D eigenvalue weighted by Gasteiger charge is 2.54. The van der Waals surface area contributed by atoms with Crippen LogP contribution >= 0.6 is 0 Å². The standard InChI is InChI=1S/C22H44O2Si/c1-17(11-8-9-16-23)18-13-14-19-20(12-10-15-22(18,19)5)24-25(6,7)21(2,3)4/h17-20,23H,8-16H2,1-7H3/t17-,18+,19-,20-,22+/m0/s1. The highest BCUT2D eigenvalue weighted by Crippen LogP contribution is 2.59. The average Bonchev–Trinajstić information content (AvgIpc) is 2.84. The molecule has 2 aliphatic carbocycles. The van der Waals surface area contributed by atoms with Crippen molar-refractivity contribution in [1.82, 2.24) is 0 Å². The Morgan fingerprint density at radius 3 is 2.44 bits per heavy atom. The van der Waals surface area contributed by atoms with Gasteiger partial charge >= 0.3 is 0 Å². The number of fused-ring (bicyclic) bond motifs is 1. The van der Waals surface area contributed by atoms with Crippen molar-refractivity contribution in [2.75, 3.05) is 6.61 Å². The monoisotopic (exact) mass is 368 g/mol. The van der Waals surface area contributed by atoms with Gasteiger partial charge in [-0.15, -0.1) is 0 Å². The van der Waals surface area contributed by atoms with E-state index in [0.29, 0.717) is 23.2 Å². The minimum absolute atomic E-state index is 0.302. The molecule has 2 aliphatic rings. The first-order valence-corrected chi connectivity index (χ1v) is 13.7. The maximum absolute atomic E-state index is 9.08. The summed E-state index contributed by atoms with van der Waals surface area (Å²) in [6.07, 6.45) is 10.7. The maximum Gasteiger partial charge on any atom is 0.192 e. The van der Waals surface area contributed by atoms with Gasteiger partial charge in [-0.1, -0.05) is 53.9 Å². The first-order chi connectivity index (χ1) is 11.5. The number of aliphatic hydroxyl groups is 1. The van der Waals surface area contributed by atoms with Crippen LogP contribution in [0, 0.1) is 23.2 Å². The van der Waals surface area contributed by atoms with Crippen LogP contribution in [-0.4, -0.2) is 26.1 Å². The van der Waals surface area contributed by atoms with Crippen LogP contribution in [-0.2, 0) is 4.43 Å². The number of aliphatic hydroxyl groups excluding tert-OH is 1. The van der Waals surface area contributed by atoms with Gasteiger partial charge in [0.1, 0.15) is 0 Å². The lowest BCUT2D eigenvalue weighted by atomic mass is 9.61. The first kappa shape index (κ1) is 21.4. The summed E-state index contributed by atoms with van der Waals surface area (Å²) >= 11 is 0. The predicted octanol–water partition coefficient (Wildman–Crippen LogP) is 6.39. The highest BCUT2D eigenvalue weighted by molar-refractivity contribution is 6.74. The third-order valence-electron chi connectivity index (χ3n) is 8.14. The zero-order chi connectivity index (χ0) is 18.9. The van der Waals surface area contributed by atoms with E-state index in [-0.39, 0.29) is 0 Å². The van der Waals surface area contributed by atoms with Gasteiger partial charge in [0.05, 0.1) is 0 Å². The normalized spacial score (nSPS) is 34.8. The Hall–Kier alpha value is 0.137. The molecular formula is C22H44O2Si. The van der Waals surface area contributed by atoms with E-state index >= 15 is 0 Å². The zero-order valence-electron chi connectivity index (χ0n) is 18.0. The van der Waals surface area contributed by atoms with E-state index in [1.165, 1.54) is 44.9 Å². The molecule has 0 radical (unpaired) electrons. The summed E-state index contributed by atoms with van der Waals surface area (Å²) in [5.74, 6) is 2.40. The number of rotatable bonds is 7. The molecule has 148 valence electrons. The fraction of sp³-hybridized carbons (Fsp3) is 1.00. The lowest BCUT2D eigenvalue weighted by molar-refractivity contribution is -0.0213. The van der Waals surface area contributed by atoms with Crippen LogP contribution in [0.5, 0.6) is 0 Å². The number of unbranched alkanes of at least 4 members (excludes halogenated alkanes) is 1. The van der Waals surface area contributed by atoms with Crippen molar-refractivity contribution in [3.05, 3.63) is 0 Å². The summed E-state index contributed by atoms with van der Waals surface area (Å²) in [5.41, 5.74) is 0.476. The summed E-state index contributed by atoms with van der Waals surface area (Å²) in [7, 11) is -1.69. The van der Waals surface area contributed by atoms with E-state index in [0.717, 1.165) is 24.2 Å². The molecule has 3 heteroatoms. The molecule has 0 spiro atoms. The van der Waals surface area contributed by atoms with Gasteiger partial charge in [0.2, 0.25) is 0 Å². The molecule has 0 aromatic rings. The van der Waals surface area contributed by atoms with Crippen LogP contribution in [0.25, 0.3) is 0 Å². The van der Waals surface area contributed by atoms with Crippen molar-refractivity contribution < 1.29 is 9.53 Å². The van der Waals surface area contributed by atoms with Crippen molar-refractivity contribution in [2.45, 2.75) is 110 Å². The Morgan fingerprint density at radius 2 is 1.84 bits per heavy atom. The fourth-order valence-corrected chi connectivity index (χ4v) is 6.96. The number of hydrogen-bond acceptors (Lipinski definition) is 2. The molecule has 2 saturated carbocycles. The van der Waals surface area contributed by atoms with E-state index in [1.54, 1.807) is 0 Å². The maximum atomic E-state index is 9.08. The van der Waals surface area contributed by atoms with Gasteiger partial charge < -0.3 is 9.53 Å². The second-order valence-corrected chi connectivity index (χ2v) is 15.6. The Bertz CT molecular complexity index is 428. The minimum atomic E-state index is -1.69. The zero-order valence-corrected chi connectivity index (χ0v) is 19.0. The predicted molar refractivity (Wildman–Crippen MR) is 110 cm³/mol. The Kier molecular flexibility index (Phi) is 6.88. The molecule has 0 aromatic heterocycles. The Labute approximate surface area is 158 Å². The van der Waals surface area contributed by atoms with Crippen molar-refractivity contribution in [3.63, 3.8) is 0 Å². The van der Waals surface area contributed by atoms with Gasteiger partial charge in [0.15, 0.2) is 8.32 Å². The van der Waals surface area contributed by atoms with Crippen LogP contribution in [0.1, 0.15) is 86.0 Å². The summed E-state index contributed by atoms with van der Waals surface area (Å²) in [5, 5.41) is 9.38. The van der Waals surface area contributed by atoms with Crippen LogP contribution in [0.2, 0.25) is 18.1 Å². The van der Waals surface area contributed by atoms with Gasteiger partial charge in [-0.2, -0.15) is 0 Å². The molecule has 2 nitrogen and oxygen atoms in total. The molecular weight excluding hydrogens is 324 g/mol. The molecule has 0 aromatic carbocycles.